The number of carbonyl (C=O) groups is 1. The van der Waals surface area contributed by atoms with Crippen molar-refractivity contribution in [3.05, 3.63) is 74.2 Å². The monoisotopic (exact) mass is 461 g/mol. The van der Waals surface area contributed by atoms with Gasteiger partial charge in [0.05, 0.1) is 15.9 Å². The minimum atomic E-state index is -4.69. The summed E-state index contributed by atoms with van der Waals surface area (Å²) in [7, 11) is 1.45. The molecule has 9 nitrogen and oxygen atoms in total. The van der Waals surface area contributed by atoms with Crippen molar-refractivity contribution in [3.8, 4) is 0 Å². The molecule has 0 saturated carbocycles. The van der Waals surface area contributed by atoms with Gasteiger partial charge in [0.15, 0.2) is 5.69 Å². The molecule has 0 aliphatic carbocycles. The van der Waals surface area contributed by atoms with Crippen molar-refractivity contribution in [1.82, 2.24) is 14.7 Å². The van der Waals surface area contributed by atoms with Crippen LogP contribution in [0.4, 0.5) is 24.5 Å². The van der Waals surface area contributed by atoms with E-state index < -0.39 is 28.3 Å². The SMILES string of the molecule is Cn1nc(C(=O)N2CCN(c3ccc(C(F)(F)F)cc3[N+](=O)[O-])CC2)c2ccccc2c1=O. The highest BCUT2D eigenvalue weighted by Crippen LogP contribution is 2.36. The molecular weight excluding hydrogens is 443 g/mol. The number of aryl methyl sites for hydroxylation is 1. The first kappa shape index (κ1) is 22.2. The number of aromatic nitrogens is 2. The Bertz CT molecular complexity index is 1310. The Morgan fingerprint density at radius 3 is 2.30 bits per heavy atom. The maximum absolute atomic E-state index is 13.1. The number of rotatable bonds is 3. The quantitative estimate of drug-likeness (QED) is 0.439. The smallest absolute Gasteiger partial charge is 0.362 e. The van der Waals surface area contributed by atoms with Gasteiger partial charge in [-0.15, -0.1) is 0 Å². The summed E-state index contributed by atoms with van der Waals surface area (Å²) in [6.07, 6.45) is -4.69. The third-order valence-electron chi connectivity index (χ3n) is 5.57. The number of nitro benzene ring substituents is 1. The van der Waals surface area contributed by atoms with E-state index in [-0.39, 0.29) is 43.1 Å². The number of nitrogens with zero attached hydrogens (tertiary/aromatic N) is 5. The maximum atomic E-state index is 13.1. The van der Waals surface area contributed by atoms with Crippen molar-refractivity contribution in [2.24, 2.45) is 7.05 Å². The van der Waals surface area contributed by atoms with Crippen LogP contribution >= 0.6 is 0 Å². The summed E-state index contributed by atoms with van der Waals surface area (Å²) in [6, 6.07) is 9.04. The third kappa shape index (κ3) is 4.11. The summed E-state index contributed by atoms with van der Waals surface area (Å²) in [4.78, 5) is 39.1. The van der Waals surface area contributed by atoms with Crippen LogP contribution in [-0.2, 0) is 13.2 Å². The number of anilines is 1. The van der Waals surface area contributed by atoms with Gasteiger partial charge in [0.2, 0.25) is 0 Å². The van der Waals surface area contributed by atoms with E-state index in [0.717, 1.165) is 16.8 Å². The summed E-state index contributed by atoms with van der Waals surface area (Å²) in [5.41, 5.74) is -1.90. The molecule has 2 heterocycles. The Balaban J connectivity index is 1.58. The lowest BCUT2D eigenvalue weighted by atomic mass is 10.1. The molecular formula is C21H18F3N5O4. The number of nitro groups is 1. The van der Waals surface area contributed by atoms with Crippen LogP contribution in [-0.4, -0.2) is 51.7 Å². The van der Waals surface area contributed by atoms with Crippen LogP contribution < -0.4 is 10.5 Å². The molecule has 1 aliphatic heterocycles. The molecule has 0 radical (unpaired) electrons. The van der Waals surface area contributed by atoms with Crippen LogP contribution in [0.5, 0.6) is 0 Å². The molecule has 3 aromatic rings. The first-order valence-electron chi connectivity index (χ1n) is 9.94. The summed E-state index contributed by atoms with van der Waals surface area (Å²) in [5.74, 6) is -0.400. The molecule has 172 valence electrons. The van der Waals surface area contributed by atoms with E-state index in [0.29, 0.717) is 16.8 Å². The van der Waals surface area contributed by atoms with Gasteiger partial charge >= 0.3 is 6.18 Å². The fourth-order valence-corrected chi connectivity index (χ4v) is 3.87. The van der Waals surface area contributed by atoms with Gasteiger partial charge in [-0.3, -0.25) is 19.7 Å². The lowest BCUT2D eigenvalue weighted by molar-refractivity contribution is -0.384. The van der Waals surface area contributed by atoms with Gasteiger partial charge in [-0.1, -0.05) is 18.2 Å². The van der Waals surface area contributed by atoms with Crippen LogP contribution in [0.15, 0.2) is 47.3 Å². The number of halogens is 3. The summed E-state index contributed by atoms with van der Waals surface area (Å²) in [5, 5.41) is 16.3. The van der Waals surface area contributed by atoms with Gasteiger partial charge in [-0.2, -0.15) is 18.3 Å². The van der Waals surface area contributed by atoms with Crippen molar-refractivity contribution in [2.45, 2.75) is 6.18 Å². The molecule has 0 spiro atoms. The average Bonchev–Trinajstić information content (AvgIpc) is 2.80. The fourth-order valence-electron chi connectivity index (χ4n) is 3.87. The van der Waals surface area contributed by atoms with E-state index in [1.54, 1.807) is 29.2 Å². The summed E-state index contributed by atoms with van der Waals surface area (Å²) < 4.78 is 40.0. The van der Waals surface area contributed by atoms with E-state index >= 15 is 0 Å². The molecule has 1 amide bonds. The van der Waals surface area contributed by atoms with Gasteiger partial charge in [0.25, 0.3) is 17.2 Å². The van der Waals surface area contributed by atoms with Crippen molar-refractivity contribution in [1.29, 1.82) is 0 Å². The number of fused-ring (bicyclic) bond motifs is 1. The molecule has 0 bridgehead atoms. The topological polar surface area (TPSA) is 102 Å². The number of piperazine rings is 1. The summed E-state index contributed by atoms with van der Waals surface area (Å²) in [6.45, 7) is 0.717. The standard InChI is InChI=1S/C21H18F3N5O4/c1-26-19(30)15-5-3-2-4-14(15)18(25-26)20(31)28-10-8-27(9-11-28)16-7-6-13(21(22,23)24)12-17(16)29(32)33/h2-7,12H,8-11H2,1H3. The first-order valence-corrected chi connectivity index (χ1v) is 9.94. The average molecular weight is 461 g/mol. The Morgan fingerprint density at radius 1 is 1.06 bits per heavy atom. The fraction of sp³-hybridized carbons (Fsp3) is 0.286. The van der Waals surface area contributed by atoms with Gasteiger partial charge in [0.1, 0.15) is 5.69 Å². The van der Waals surface area contributed by atoms with E-state index in [1.807, 2.05) is 0 Å². The number of hydrogen-bond acceptors (Lipinski definition) is 6. The van der Waals surface area contributed by atoms with Gasteiger partial charge in [-0.05, 0) is 18.2 Å². The van der Waals surface area contributed by atoms with Gasteiger partial charge in [0, 0.05) is 44.7 Å². The molecule has 12 heteroatoms. The zero-order valence-electron chi connectivity index (χ0n) is 17.4. The van der Waals surface area contributed by atoms with E-state index in [1.165, 1.54) is 11.9 Å². The summed E-state index contributed by atoms with van der Waals surface area (Å²) >= 11 is 0. The van der Waals surface area contributed by atoms with Crippen molar-refractivity contribution in [2.75, 3.05) is 31.1 Å². The Labute approximate surface area is 184 Å². The molecule has 0 N–H and O–H groups in total. The molecule has 4 rings (SSSR count). The lowest BCUT2D eigenvalue weighted by Gasteiger charge is -2.35. The van der Waals surface area contributed by atoms with Crippen molar-refractivity contribution in [3.63, 3.8) is 0 Å². The minimum Gasteiger partial charge on any atom is -0.362 e. The second-order valence-corrected chi connectivity index (χ2v) is 7.56. The molecule has 2 aromatic carbocycles. The molecule has 1 fully saturated rings. The van der Waals surface area contributed by atoms with Crippen LogP contribution in [0, 0.1) is 10.1 Å². The van der Waals surface area contributed by atoms with Crippen molar-refractivity contribution < 1.29 is 22.9 Å². The number of carbonyl (C=O) groups excluding carboxylic acids is 1. The largest absolute Gasteiger partial charge is 0.416 e. The lowest BCUT2D eigenvalue weighted by Crippen LogP contribution is -2.49. The highest BCUT2D eigenvalue weighted by atomic mass is 19.4. The number of benzene rings is 2. The van der Waals surface area contributed by atoms with Crippen LogP contribution in [0.3, 0.4) is 0 Å². The molecule has 1 aliphatic rings. The zero-order valence-corrected chi connectivity index (χ0v) is 17.4. The number of hydrogen-bond donors (Lipinski definition) is 0. The van der Waals surface area contributed by atoms with Crippen LogP contribution in [0.2, 0.25) is 0 Å². The second-order valence-electron chi connectivity index (χ2n) is 7.56. The van der Waals surface area contributed by atoms with Gasteiger partial charge < -0.3 is 9.80 Å². The molecule has 33 heavy (non-hydrogen) atoms. The molecule has 1 saturated heterocycles. The maximum Gasteiger partial charge on any atom is 0.416 e. The van der Waals surface area contributed by atoms with E-state index in [9.17, 15) is 32.9 Å². The predicted octanol–water partition coefficient (Wildman–Crippen LogP) is 2.82. The first-order chi connectivity index (χ1) is 15.6. The Kier molecular flexibility index (Phi) is 5.52. The highest BCUT2D eigenvalue weighted by Gasteiger charge is 2.34. The van der Waals surface area contributed by atoms with Gasteiger partial charge in [-0.25, -0.2) is 4.68 Å². The molecule has 1 aromatic heterocycles. The number of amides is 1. The Morgan fingerprint density at radius 2 is 1.70 bits per heavy atom. The zero-order chi connectivity index (χ0) is 23.9. The predicted molar refractivity (Wildman–Crippen MR) is 113 cm³/mol. The molecule has 0 atom stereocenters. The Hall–Kier alpha value is -3.96. The van der Waals surface area contributed by atoms with Crippen molar-refractivity contribution >= 4 is 28.1 Å². The third-order valence-corrected chi connectivity index (χ3v) is 5.57. The highest BCUT2D eigenvalue weighted by molar-refractivity contribution is 6.04. The van der Waals surface area contributed by atoms with Crippen LogP contribution in [0.25, 0.3) is 10.8 Å². The van der Waals surface area contributed by atoms with Crippen LogP contribution in [0.1, 0.15) is 16.1 Å². The van der Waals surface area contributed by atoms with E-state index in [4.69, 9.17) is 0 Å². The van der Waals surface area contributed by atoms with E-state index in [2.05, 4.69) is 5.10 Å². The minimum absolute atomic E-state index is 0.0609. The second kappa shape index (κ2) is 8.19. The normalized spacial score (nSPS) is 14.5. The molecule has 0 unspecified atom stereocenters. The number of alkyl halides is 3.